The molecule has 0 saturated carbocycles. The first-order valence-corrected chi connectivity index (χ1v) is 16.6. The second-order valence-corrected chi connectivity index (χ2v) is 12.2. The summed E-state index contributed by atoms with van der Waals surface area (Å²) in [6, 6.07) is 20.9. The fourth-order valence-electron chi connectivity index (χ4n) is 5.32. The van der Waals surface area contributed by atoms with Gasteiger partial charge in [0.15, 0.2) is 16.1 Å². The Bertz CT molecular complexity index is 1580. The topological polar surface area (TPSA) is 93.3 Å². The Morgan fingerprint density at radius 2 is 1.19 bits per heavy atom. The second-order valence-electron chi connectivity index (χ2n) is 11.5. The molecule has 2 aromatic heterocycles. The summed E-state index contributed by atoms with van der Waals surface area (Å²) in [6.07, 6.45) is 10.7. The fraction of sp³-hybridized carbons (Fsp3) is 0.333. The standard InChI is InChI=1S/C18H22N4O.C14H20N2.C4H2Cl2N2/c1-15(13-16-5-3-2-4-6-16)14-21-9-11-22(12-10-21)17-18(23)20-8-7-19-17;1-13(11-14-5-3-2-4-6-14)12-16-9-7-15-8-10-16;5-3-4(6)8-2-1-7-3/h2-8,13H,9-12,14H2,1H3,(H,20,23);2-6,11,15H,7-10,12H2,1H3;1-2H/b15-13+;13-11+;. The van der Waals surface area contributed by atoms with E-state index in [9.17, 15) is 4.79 Å². The molecule has 9 nitrogen and oxygen atoms in total. The van der Waals surface area contributed by atoms with Crippen LogP contribution in [0.5, 0.6) is 0 Å². The summed E-state index contributed by atoms with van der Waals surface area (Å²) in [6.45, 7) is 14.6. The first kappa shape index (κ1) is 36.0. The van der Waals surface area contributed by atoms with E-state index in [1.807, 2.05) is 6.07 Å². The SMILES string of the molecule is C/C(=C\c1ccccc1)CN1CCN(c2ncc[nH]c2=O)CC1.C/C(=C\c1ccccc1)CN1CCNCC1.Clc1nccnc1Cl. The molecule has 6 rings (SSSR count). The van der Waals surface area contributed by atoms with Crippen LogP contribution >= 0.6 is 23.2 Å². The van der Waals surface area contributed by atoms with Crippen LogP contribution < -0.4 is 15.8 Å². The van der Waals surface area contributed by atoms with E-state index in [0.29, 0.717) is 5.82 Å². The number of hydrogen-bond acceptors (Lipinski definition) is 8. The molecule has 0 spiro atoms. The summed E-state index contributed by atoms with van der Waals surface area (Å²) in [7, 11) is 0. The lowest BCUT2D eigenvalue weighted by atomic mass is 10.1. The predicted octanol–water partition coefficient (Wildman–Crippen LogP) is 5.77. The molecule has 2 aliphatic heterocycles. The van der Waals surface area contributed by atoms with Gasteiger partial charge in [0.1, 0.15) is 0 Å². The molecule has 47 heavy (non-hydrogen) atoms. The minimum absolute atomic E-state index is 0.110. The molecule has 0 atom stereocenters. The molecule has 2 aliphatic rings. The summed E-state index contributed by atoms with van der Waals surface area (Å²) < 4.78 is 0. The highest BCUT2D eigenvalue weighted by molar-refractivity contribution is 6.40. The van der Waals surface area contributed by atoms with E-state index in [0.717, 1.165) is 52.4 Å². The summed E-state index contributed by atoms with van der Waals surface area (Å²) in [5.41, 5.74) is 5.22. The van der Waals surface area contributed by atoms with Crippen molar-refractivity contribution in [3.8, 4) is 0 Å². The molecule has 11 heteroatoms. The normalized spacial score (nSPS) is 16.0. The Kier molecular flexibility index (Phi) is 15.1. The van der Waals surface area contributed by atoms with Gasteiger partial charge < -0.3 is 15.2 Å². The maximum Gasteiger partial charge on any atom is 0.290 e. The van der Waals surface area contributed by atoms with Crippen LogP contribution in [0.15, 0.2) is 101 Å². The Morgan fingerprint density at radius 1 is 0.702 bits per heavy atom. The number of anilines is 1. The van der Waals surface area contributed by atoms with Gasteiger partial charge in [-0.1, -0.05) is 107 Å². The number of H-pyrrole nitrogens is 1. The third-order valence-electron chi connectivity index (χ3n) is 7.55. The molecule has 2 N–H and O–H groups in total. The zero-order chi connectivity index (χ0) is 33.3. The van der Waals surface area contributed by atoms with Gasteiger partial charge in [0.25, 0.3) is 5.56 Å². The molecule has 2 aromatic carbocycles. The number of aromatic amines is 1. The van der Waals surface area contributed by atoms with Crippen molar-refractivity contribution in [2.45, 2.75) is 13.8 Å². The lowest BCUT2D eigenvalue weighted by Gasteiger charge is -2.35. The van der Waals surface area contributed by atoms with Crippen molar-refractivity contribution in [3.63, 3.8) is 0 Å². The molecule has 0 unspecified atom stereocenters. The molecular weight excluding hydrogens is 631 g/mol. The second kappa shape index (κ2) is 19.7. The highest BCUT2D eigenvalue weighted by atomic mass is 35.5. The third kappa shape index (κ3) is 13.0. The van der Waals surface area contributed by atoms with Crippen molar-refractivity contribution < 1.29 is 0 Å². The maximum atomic E-state index is 11.8. The van der Waals surface area contributed by atoms with E-state index >= 15 is 0 Å². The fourth-order valence-corrected chi connectivity index (χ4v) is 5.53. The molecular formula is C36H44Cl2N8O. The molecule has 0 aliphatic carbocycles. The Labute approximate surface area is 288 Å². The number of piperazine rings is 2. The minimum atomic E-state index is -0.110. The van der Waals surface area contributed by atoms with Crippen molar-refractivity contribution in [2.24, 2.45) is 0 Å². The first-order chi connectivity index (χ1) is 22.9. The number of hydrogen-bond donors (Lipinski definition) is 2. The van der Waals surface area contributed by atoms with Gasteiger partial charge >= 0.3 is 0 Å². The van der Waals surface area contributed by atoms with Crippen molar-refractivity contribution in [1.82, 2.24) is 35.1 Å². The van der Waals surface area contributed by atoms with Crippen molar-refractivity contribution >= 4 is 41.2 Å². The lowest BCUT2D eigenvalue weighted by Crippen LogP contribution is -2.48. The van der Waals surface area contributed by atoms with E-state index in [1.54, 1.807) is 12.4 Å². The zero-order valence-electron chi connectivity index (χ0n) is 27.2. The maximum absolute atomic E-state index is 11.8. The van der Waals surface area contributed by atoms with Crippen LogP contribution in [-0.2, 0) is 0 Å². The summed E-state index contributed by atoms with van der Waals surface area (Å²) in [5.74, 6) is 0.531. The highest BCUT2D eigenvalue weighted by Crippen LogP contribution is 2.14. The summed E-state index contributed by atoms with van der Waals surface area (Å²) in [4.78, 5) is 33.0. The molecule has 0 amide bonds. The number of rotatable bonds is 7. The average Bonchev–Trinajstić information content (AvgIpc) is 3.09. The van der Waals surface area contributed by atoms with Crippen LogP contribution in [0.3, 0.4) is 0 Å². The van der Waals surface area contributed by atoms with Gasteiger partial charge in [0.05, 0.1) is 0 Å². The smallest absolute Gasteiger partial charge is 0.290 e. The Morgan fingerprint density at radius 3 is 1.66 bits per heavy atom. The average molecular weight is 676 g/mol. The largest absolute Gasteiger partial charge is 0.349 e. The van der Waals surface area contributed by atoms with Crippen LogP contribution in [0.1, 0.15) is 25.0 Å². The quantitative estimate of drug-likeness (QED) is 0.255. The predicted molar refractivity (Wildman–Crippen MR) is 195 cm³/mol. The van der Waals surface area contributed by atoms with Crippen LogP contribution in [0, 0.1) is 0 Å². The van der Waals surface area contributed by atoms with Gasteiger partial charge in [-0.15, -0.1) is 0 Å². The van der Waals surface area contributed by atoms with Crippen LogP contribution in [0.25, 0.3) is 12.2 Å². The van der Waals surface area contributed by atoms with Gasteiger partial charge in [-0.3, -0.25) is 14.6 Å². The number of nitrogens with zero attached hydrogens (tertiary/aromatic N) is 6. The summed E-state index contributed by atoms with van der Waals surface area (Å²) >= 11 is 10.8. The molecule has 4 heterocycles. The lowest BCUT2D eigenvalue weighted by molar-refractivity contribution is 0.260. The van der Waals surface area contributed by atoms with Gasteiger partial charge in [-0.05, 0) is 25.0 Å². The van der Waals surface area contributed by atoms with Crippen LogP contribution in [0.4, 0.5) is 5.82 Å². The molecule has 4 aromatic rings. The number of benzene rings is 2. The zero-order valence-corrected chi connectivity index (χ0v) is 28.7. The monoisotopic (exact) mass is 674 g/mol. The van der Waals surface area contributed by atoms with E-state index in [4.69, 9.17) is 23.2 Å². The van der Waals surface area contributed by atoms with E-state index in [1.165, 1.54) is 47.8 Å². The third-order valence-corrected chi connectivity index (χ3v) is 8.20. The van der Waals surface area contributed by atoms with Crippen molar-refractivity contribution in [1.29, 1.82) is 0 Å². The number of nitrogens with one attached hydrogen (secondary N) is 2. The van der Waals surface area contributed by atoms with E-state index < -0.39 is 0 Å². The van der Waals surface area contributed by atoms with Crippen molar-refractivity contribution in [3.05, 3.63) is 128 Å². The molecule has 2 fully saturated rings. The Balaban J connectivity index is 0.000000180. The van der Waals surface area contributed by atoms with E-state index in [-0.39, 0.29) is 15.9 Å². The highest BCUT2D eigenvalue weighted by Gasteiger charge is 2.19. The molecule has 248 valence electrons. The van der Waals surface area contributed by atoms with Crippen molar-refractivity contribution in [2.75, 3.05) is 70.3 Å². The number of aromatic nitrogens is 4. The molecule has 0 radical (unpaired) electrons. The molecule has 0 bridgehead atoms. The minimum Gasteiger partial charge on any atom is -0.349 e. The van der Waals surface area contributed by atoms with Gasteiger partial charge in [-0.25, -0.2) is 15.0 Å². The number of halogens is 2. The van der Waals surface area contributed by atoms with Gasteiger partial charge in [0, 0.05) is 90.2 Å². The van der Waals surface area contributed by atoms with Gasteiger partial charge in [0.2, 0.25) is 0 Å². The van der Waals surface area contributed by atoms with E-state index in [2.05, 4.69) is 121 Å². The Hall–Kier alpha value is -3.86. The molecule has 2 saturated heterocycles. The first-order valence-electron chi connectivity index (χ1n) is 15.9. The van der Waals surface area contributed by atoms with Crippen LogP contribution in [0.2, 0.25) is 10.3 Å². The van der Waals surface area contributed by atoms with Gasteiger partial charge in [-0.2, -0.15) is 0 Å². The van der Waals surface area contributed by atoms with Crippen LogP contribution in [-0.4, -0.2) is 95.2 Å². The summed E-state index contributed by atoms with van der Waals surface area (Å²) in [5, 5.41) is 3.87.